The molecule has 1 aromatic carbocycles. The van der Waals surface area contributed by atoms with Crippen molar-refractivity contribution < 1.29 is 49.4 Å². The highest BCUT2D eigenvalue weighted by Gasteiger charge is 2.63. The Balaban J connectivity index is 2.09. The first-order valence-electron chi connectivity index (χ1n) is 7.59. The lowest BCUT2D eigenvalue weighted by molar-refractivity contribution is -0.270. The van der Waals surface area contributed by atoms with Gasteiger partial charge in [-0.1, -0.05) is 12.1 Å². The van der Waals surface area contributed by atoms with Gasteiger partial charge in [0, 0.05) is 6.07 Å². The number of benzene rings is 1. The van der Waals surface area contributed by atoms with Gasteiger partial charge in [-0.2, -0.15) is 35.1 Å². The number of nitrogens with zero attached hydrogens (tertiary/aromatic N) is 1. The van der Waals surface area contributed by atoms with Gasteiger partial charge in [0.2, 0.25) is 5.88 Å². The van der Waals surface area contributed by atoms with Crippen molar-refractivity contribution in [2.75, 3.05) is 0 Å². The quantitative estimate of drug-likeness (QED) is 0.556. The third-order valence-electron chi connectivity index (χ3n) is 3.27. The molecule has 6 nitrogen and oxygen atoms in total. The first-order valence-corrected chi connectivity index (χ1v) is 7.59. The second-order valence-corrected chi connectivity index (χ2v) is 5.47. The van der Waals surface area contributed by atoms with E-state index in [0.717, 1.165) is 41.8 Å². The van der Waals surface area contributed by atoms with Crippen molar-refractivity contribution in [1.29, 1.82) is 0 Å². The summed E-state index contributed by atoms with van der Waals surface area (Å²) in [6, 6.07) is 6.87. The summed E-state index contributed by atoms with van der Waals surface area (Å²) in [4.78, 5) is 26.3. The van der Waals surface area contributed by atoms with Crippen molar-refractivity contribution in [3.8, 4) is 11.6 Å². The van der Waals surface area contributed by atoms with E-state index in [2.05, 4.69) is 4.98 Å². The normalized spacial score (nSPS) is 12.3. The van der Waals surface area contributed by atoms with Crippen molar-refractivity contribution in [3.63, 3.8) is 0 Å². The van der Waals surface area contributed by atoms with Crippen LogP contribution in [0, 0.1) is 0 Å². The van der Waals surface area contributed by atoms with Crippen LogP contribution < -0.4 is 15.6 Å². The minimum Gasteiger partial charge on any atom is -0.439 e. The first-order chi connectivity index (χ1) is 13.7. The number of carbonyl (C=O) groups excluding carboxylic acids is 2. The summed E-state index contributed by atoms with van der Waals surface area (Å²) in [6.45, 7) is 0. The maximum atomic E-state index is 12.8. The Morgan fingerprint density at radius 2 is 1.50 bits per heavy atom. The zero-order valence-electron chi connectivity index (χ0n) is 14.2. The van der Waals surface area contributed by atoms with Gasteiger partial charge in [0.05, 0.1) is 5.56 Å². The Labute approximate surface area is 161 Å². The van der Waals surface area contributed by atoms with E-state index in [-0.39, 0.29) is 5.75 Å². The second kappa shape index (κ2) is 8.12. The number of hydrogen-bond donors (Lipinski definition) is 2. The predicted molar refractivity (Wildman–Crippen MR) is 82.4 cm³/mol. The molecule has 0 radical (unpaired) electrons. The first kappa shape index (κ1) is 22.8. The standard InChI is InChI=1S/C16H9F8N3O3/c17-14(18,16(22,23)24)13(29)27-26-12(28)10-5-2-6-11(25-10)30-9-4-1-3-8(7-9)15(19,20)21/h1-7H,(H,26,28)(H,27,29). The van der Waals surface area contributed by atoms with Gasteiger partial charge in [0.25, 0.3) is 5.91 Å². The number of carbonyl (C=O) groups is 2. The second-order valence-electron chi connectivity index (χ2n) is 5.47. The van der Waals surface area contributed by atoms with Crippen LogP contribution in [0.4, 0.5) is 35.1 Å². The number of hydrazine groups is 1. The van der Waals surface area contributed by atoms with Gasteiger partial charge in [-0.15, -0.1) is 0 Å². The van der Waals surface area contributed by atoms with Crippen molar-refractivity contribution in [2.24, 2.45) is 0 Å². The van der Waals surface area contributed by atoms with Crippen molar-refractivity contribution in [1.82, 2.24) is 15.8 Å². The molecule has 0 saturated carbocycles. The van der Waals surface area contributed by atoms with Crippen LogP contribution in [0.3, 0.4) is 0 Å². The van der Waals surface area contributed by atoms with E-state index in [0.29, 0.717) is 6.07 Å². The van der Waals surface area contributed by atoms with E-state index in [9.17, 15) is 44.7 Å². The van der Waals surface area contributed by atoms with E-state index < -0.39 is 47.2 Å². The SMILES string of the molecule is O=C(NNC(=O)C(F)(F)C(F)(F)F)c1cccc(Oc2cccc(C(F)(F)F)c2)n1. The van der Waals surface area contributed by atoms with Crippen LogP contribution in [0.2, 0.25) is 0 Å². The number of alkyl halides is 8. The van der Waals surface area contributed by atoms with Crippen LogP contribution in [0.1, 0.15) is 16.1 Å². The van der Waals surface area contributed by atoms with Crippen molar-refractivity contribution in [2.45, 2.75) is 18.3 Å². The average Bonchev–Trinajstić information content (AvgIpc) is 2.64. The summed E-state index contributed by atoms with van der Waals surface area (Å²) in [7, 11) is 0. The summed E-state index contributed by atoms with van der Waals surface area (Å²) in [5.74, 6) is -10.7. The average molecular weight is 443 g/mol. The summed E-state index contributed by atoms with van der Waals surface area (Å²) < 4.78 is 105. The van der Waals surface area contributed by atoms with Crippen LogP contribution in [-0.4, -0.2) is 28.9 Å². The van der Waals surface area contributed by atoms with Crippen molar-refractivity contribution >= 4 is 11.8 Å². The minimum atomic E-state index is -6.18. The molecule has 30 heavy (non-hydrogen) atoms. The molecule has 0 aliphatic heterocycles. The summed E-state index contributed by atoms with van der Waals surface area (Å²) in [5, 5.41) is 0. The number of rotatable bonds is 4. The van der Waals surface area contributed by atoms with Gasteiger partial charge in [-0.25, -0.2) is 4.98 Å². The topological polar surface area (TPSA) is 80.3 Å². The summed E-state index contributed by atoms with van der Waals surface area (Å²) in [6.07, 6.45) is -10.8. The van der Waals surface area contributed by atoms with Crippen LogP contribution in [0.15, 0.2) is 42.5 Å². The van der Waals surface area contributed by atoms with Gasteiger partial charge in [-0.05, 0) is 24.3 Å². The molecular weight excluding hydrogens is 434 g/mol. The molecule has 1 aromatic heterocycles. The van der Waals surface area contributed by atoms with Gasteiger partial charge in [0.15, 0.2) is 0 Å². The molecule has 0 spiro atoms. The van der Waals surface area contributed by atoms with E-state index >= 15 is 0 Å². The predicted octanol–water partition coefficient (Wildman–Crippen LogP) is 3.85. The lowest BCUT2D eigenvalue weighted by Crippen LogP contribution is -2.55. The molecule has 2 rings (SSSR count). The molecule has 0 unspecified atom stereocenters. The number of nitrogens with one attached hydrogen (secondary N) is 2. The number of amides is 2. The zero-order chi connectivity index (χ0) is 22.7. The van der Waals surface area contributed by atoms with Crippen LogP contribution >= 0.6 is 0 Å². The maximum Gasteiger partial charge on any atom is 0.463 e. The molecule has 0 fully saturated rings. The maximum absolute atomic E-state index is 12.8. The third kappa shape index (κ3) is 5.33. The Morgan fingerprint density at radius 1 is 0.867 bits per heavy atom. The van der Waals surface area contributed by atoms with Gasteiger partial charge >= 0.3 is 24.2 Å². The number of pyridine rings is 1. The van der Waals surface area contributed by atoms with E-state index in [4.69, 9.17) is 4.74 Å². The lowest BCUT2D eigenvalue weighted by atomic mass is 10.2. The van der Waals surface area contributed by atoms with E-state index in [1.807, 2.05) is 0 Å². The Kier molecular flexibility index (Phi) is 6.18. The fraction of sp³-hybridized carbons (Fsp3) is 0.188. The molecule has 1 heterocycles. The minimum absolute atomic E-state index is 0.298. The number of halogens is 8. The van der Waals surface area contributed by atoms with Crippen LogP contribution in [0.25, 0.3) is 0 Å². The van der Waals surface area contributed by atoms with Crippen molar-refractivity contribution in [3.05, 3.63) is 53.7 Å². The molecule has 2 N–H and O–H groups in total. The molecule has 0 aliphatic carbocycles. The van der Waals surface area contributed by atoms with Crippen LogP contribution in [-0.2, 0) is 11.0 Å². The Morgan fingerprint density at radius 3 is 2.10 bits per heavy atom. The number of aromatic nitrogens is 1. The lowest BCUT2D eigenvalue weighted by Gasteiger charge is -2.18. The summed E-state index contributed by atoms with van der Waals surface area (Å²) >= 11 is 0. The highest BCUT2D eigenvalue weighted by molar-refractivity contribution is 5.94. The van der Waals surface area contributed by atoms with Gasteiger partial charge in [-0.3, -0.25) is 20.4 Å². The fourth-order valence-corrected chi connectivity index (χ4v) is 1.84. The molecule has 0 aliphatic rings. The van der Waals surface area contributed by atoms with Gasteiger partial charge < -0.3 is 4.74 Å². The molecule has 2 amide bonds. The molecular formula is C16H9F8N3O3. The molecule has 0 saturated heterocycles. The summed E-state index contributed by atoms with van der Waals surface area (Å²) in [5.41, 5.74) is 0.591. The highest BCUT2D eigenvalue weighted by Crippen LogP contribution is 2.35. The molecule has 2 aromatic rings. The number of ether oxygens (including phenoxy) is 1. The smallest absolute Gasteiger partial charge is 0.439 e. The molecule has 0 atom stereocenters. The zero-order valence-corrected chi connectivity index (χ0v) is 14.2. The fourth-order valence-electron chi connectivity index (χ4n) is 1.84. The van der Waals surface area contributed by atoms with Crippen LogP contribution in [0.5, 0.6) is 11.6 Å². The van der Waals surface area contributed by atoms with E-state index in [1.165, 1.54) is 5.43 Å². The number of hydrogen-bond acceptors (Lipinski definition) is 4. The molecule has 14 heteroatoms. The largest absolute Gasteiger partial charge is 0.463 e. The Bertz CT molecular complexity index is 944. The third-order valence-corrected chi connectivity index (χ3v) is 3.27. The van der Waals surface area contributed by atoms with Gasteiger partial charge in [0.1, 0.15) is 11.4 Å². The monoisotopic (exact) mass is 443 g/mol. The highest BCUT2D eigenvalue weighted by atomic mass is 19.4. The van der Waals surface area contributed by atoms with E-state index in [1.54, 1.807) is 0 Å². The Hall–Kier alpha value is -3.45. The molecule has 0 bridgehead atoms. The molecule has 162 valence electrons.